The average Bonchev–Trinajstić information content (AvgIpc) is 2.61. The molecule has 2 rings (SSSR count). The van der Waals surface area contributed by atoms with E-state index in [4.69, 9.17) is 0 Å². The molecule has 0 saturated carbocycles. The summed E-state index contributed by atoms with van der Waals surface area (Å²) in [5.74, 6) is 0.874. The van der Waals surface area contributed by atoms with E-state index >= 15 is 0 Å². The summed E-state index contributed by atoms with van der Waals surface area (Å²) in [6.07, 6.45) is 1.63. The van der Waals surface area contributed by atoms with Gasteiger partial charge in [-0.2, -0.15) is 0 Å². The second kappa shape index (κ2) is 4.67. The molecule has 0 saturated heterocycles. The summed E-state index contributed by atoms with van der Waals surface area (Å²) in [6, 6.07) is 3.46. The van der Waals surface area contributed by atoms with Crippen LogP contribution in [0.15, 0.2) is 28.5 Å². The Morgan fingerprint density at radius 1 is 1.41 bits per heavy atom. The summed E-state index contributed by atoms with van der Waals surface area (Å²) >= 11 is 1.39. The second-order valence-electron chi connectivity index (χ2n) is 3.63. The van der Waals surface area contributed by atoms with Crippen LogP contribution < -0.4 is 0 Å². The lowest BCUT2D eigenvalue weighted by Gasteiger charge is -2.02. The van der Waals surface area contributed by atoms with E-state index in [1.54, 1.807) is 18.3 Å². The van der Waals surface area contributed by atoms with Crippen molar-refractivity contribution in [1.82, 2.24) is 19.7 Å². The first-order chi connectivity index (χ1) is 8.08. The molecule has 88 valence electrons. The maximum absolute atomic E-state index is 11.3. The number of pyridine rings is 1. The minimum atomic E-state index is 0.0309. The van der Waals surface area contributed by atoms with Crippen LogP contribution in [0.1, 0.15) is 23.1 Å². The normalized spacial score (nSPS) is 10.5. The van der Waals surface area contributed by atoms with E-state index in [0.29, 0.717) is 5.56 Å². The third kappa shape index (κ3) is 2.52. The molecule has 0 aromatic carbocycles. The van der Waals surface area contributed by atoms with Gasteiger partial charge in [-0.25, -0.2) is 4.98 Å². The average molecular weight is 248 g/mol. The van der Waals surface area contributed by atoms with Crippen molar-refractivity contribution < 1.29 is 4.79 Å². The highest BCUT2D eigenvalue weighted by Crippen LogP contribution is 2.24. The molecule has 0 unspecified atom stereocenters. The Balaban J connectivity index is 2.27. The van der Waals surface area contributed by atoms with Gasteiger partial charge in [0, 0.05) is 18.8 Å². The molecule has 0 aliphatic rings. The number of ketones is 1. The molecule has 17 heavy (non-hydrogen) atoms. The maximum atomic E-state index is 11.3. The monoisotopic (exact) mass is 248 g/mol. The molecular formula is C11H12N4OS. The molecule has 0 aliphatic carbocycles. The van der Waals surface area contributed by atoms with Crippen LogP contribution >= 0.6 is 11.8 Å². The van der Waals surface area contributed by atoms with Crippen LogP contribution in [-0.4, -0.2) is 25.5 Å². The highest BCUT2D eigenvalue weighted by molar-refractivity contribution is 7.99. The number of nitrogens with zero attached hydrogens (tertiary/aromatic N) is 4. The van der Waals surface area contributed by atoms with Crippen LogP contribution in [0.25, 0.3) is 0 Å². The van der Waals surface area contributed by atoms with Gasteiger partial charge in [-0.15, -0.1) is 10.2 Å². The summed E-state index contributed by atoms with van der Waals surface area (Å²) in [4.78, 5) is 15.4. The Hall–Kier alpha value is -1.69. The smallest absolute Gasteiger partial charge is 0.197 e. The van der Waals surface area contributed by atoms with E-state index in [1.165, 1.54) is 18.7 Å². The van der Waals surface area contributed by atoms with Crippen molar-refractivity contribution in [2.75, 3.05) is 0 Å². The predicted molar refractivity (Wildman–Crippen MR) is 64.1 cm³/mol. The zero-order valence-corrected chi connectivity index (χ0v) is 10.7. The zero-order valence-electron chi connectivity index (χ0n) is 9.84. The first kappa shape index (κ1) is 11.8. The lowest BCUT2D eigenvalue weighted by atomic mass is 10.2. The Bertz CT molecular complexity index is 564. The fourth-order valence-corrected chi connectivity index (χ4v) is 2.09. The van der Waals surface area contributed by atoms with Gasteiger partial charge in [0.15, 0.2) is 10.9 Å². The number of aryl methyl sites for hydroxylation is 1. The van der Waals surface area contributed by atoms with Crippen LogP contribution in [0, 0.1) is 6.92 Å². The molecule has 0 fully saturated rings. The minimum absolute atomic E-state index is 0.0309. The molecule has 0 atom stereocenters. The standard InChI is InChI=1S/C11H12N4OS/c1-7(16)9-4-5-12-10(6-9)17-11-14-13-8(2)15(11)3/h4-6H,1-3H3. The molecular weight excluding hydrogens is 236 g/mol. The van der Waals surface area contributed by atoms with E-state index in [0.717, 1.165) is 16.0 Å². The number of carbonyl (C=O) groups excluding carboxylic acids is 1. The largest absolute Gasteiger partial charge is 0.309 e. The Morgan fingerprint density at radius 2 is 2.18 bits per heavy atom. The van der Waals surface area contributed by atoms with Crippen molar-refractivity contribution in [3.8, 4) is 0 Å². The summed E-state index contributed by atoms with van der Waals surface area (Å²) in [5.41, 5.74) is 0.654. The SMILES string of the molecule is CC(=O)c1ccnc(Sc2nnc(C)n2C)c1. The van der Waals surface area contributed by atoms with Gasteiger partial charge in [0.25, 0.3) is 0 Å². The van der Waals surface area contributed by atoms with Crippen LogP contribution in [0.5, 0.6) is 0 Å². The number of carbonyl (C=O) groups is 1. The van der Waals surface area contributed by atoms with E-state index < -0.39 is 0 Å². The van der Waals surface area contributed by atoms with E-state index in [1.807, 2.05) is 18.5 Å². The third-order valence-electron chi connectivity index (χ3n) is 2.39. The van der Waals surface area contributed by atoms with Gasteiger partial charge in [-0.3, -0.25) is 4.79 Å². The van der Waals surface area contributed by atoms with Crippen molar-refractivity contribution in [3.63, 3.8) is 0 Å². The molecule has 0 N–H and O–H groups in total. The lowest BCUT2D eigenvalue weighted by Crippen LogP contribution is -1.96. The fourth-order valence-electron chi connectivity index (χ4n) is 1.25. The molecule has 0 amide bonds. The molecule has 2 aromatic rings. The Morgan fingerprint density at radius 3 is 2.76 bits per heavy atom. The summed E-state index contributed by atoms with van der Waals surface area (Å²) in [7, 11) is 1.90. The number of rotatable bonds is 3. The van der Waals surface area contributed by atoms with Crippen molar-refractivity contribution in [1.29, 1.82) is 0 Å². The summed E-state index contributed by atoms with van der Waals surface area (Å²) in [5, 5.41) is 9.51. The Kier molecular flexibility index (Phi) is 3.23. The van der Waals surface area contributed by atoms with Gasteiger partial charge in [-0.05, 0) is 37.7 Å². The number of hydrogen-bond donors (Lipinski definition) is 0. The van der Waals surface area contributed by atoms with Crippen LogP contribution in [-0.2, 0) is 7.05 Å². The van der Waals surface area contributed by atoms with Gasteiger partial charge in [0.05, 0.1) is 0 Å². The van der Waals surface area contributed by atoms with E-state index in [9.17, 15) is 4.79 Å². The number of hydrogen-bond acceptors (Lipinski definition) is 5. The van der Waals surface area contributed by atoms with Crippen molar-refractivity contribution in [2.45, 2.75) is 24.0 Å². The maximum Gasteiger partial charge on any atom is 0.197 e. The van der Waals surface area contributed by atoms with E-state index in [2.05, 4.69) is 15.2 Å². The van der Waals surface area contributed by atoms with Crippen molar-refractivity contribution >= 4 is 17.5 Å². The molecule has 2 heterocycles. The minimum Gasteiger partial charge on any atom is -0.309 e. The molecule has 0 radical (unpaired) electrons. The van der Waals surface area contributed by atoms with Crippen LogP contribution in [0.2, 0.25) is 0 Å². The highest BCUT2D eigenvalue weighted by atomic mass is 32.2. The third-order valence-corrected chi connectivity index (χ3v) is 3.36. The lowest BCUT2D eigenvalue weighted by molar-refractivity contribution is 0.101. The first-order valence-corrected chi connectivity index (χ1v) is 5.90. The van der Waals surface area contributed by atoms with Gasteiger partial charge in [-0.1, -0.05) is 0 Å². The molecule has 2 aromatic heterocycles. The molecule has 0 spiro atoms. The van der Waals surface area contributed by atoms with Crippen LogP contribution in [0.3, 0.4) is 0 Å². The van der Waals surface area contributed by atoms with Crippen molar-refractivity contribution in [2.24, 2.45) is 7.05 Å². The zero-order chi connectivity index (χ0) is 12.4. The predicted octanol–water partition coefficient (Wildman–Crippen LogP) is 1.87. The van der Waals surface area contributed by atoms with Crippen LogP contribution in [0.4, 0.5) is 0 Å². The number of Topliss-reactive ketones (excluding diaryl/α,β-unsaturated/α-hetero) is 1. The molecule has 0 aliphatic heterocycles. The van der Waals surface area contributed by atoms with Gasteiger partial charge >= 0.3 is 0 Å². The topological polar surface area (TPSA) is 60.7 Å². The second-order valence-corrected chi connectivity index (χ2v) is 4.62. The molecule has 0 bridgehead atoms. The van der Waals surface area contributed by atoms with Crippen molar-refractivity contribution in [3.05, 3.63) is 29.7 Å². The van der Waals surface area contributed by atoms with Gasteiger partial charge < -0.3 is 4.57 Å². The Labute approximate surface area is 103 Å². The highest BCUT2D eigenvalue weighted by Gasteiger charge is 2.09. The first-order valence-electron chi connectivity index (χ1n) is 5.09. The number of aromatic nitrogens is 4. The van der Waals surface area contributed by atoms with E-state index in [-0.39, 0.29) is 5.78 Å². The summed E-state index contributed by atoms with van der Waals surface area (Å²) < 4.78 is 1.88. The molecule has 5 nitrogen and oxygen atoms in total. The quantitative estimate of drug-likeness (QED) is 0.776. The summed E-state index contributed by atoms with van der Waals surface area (Å²) in [6.45, 7) is 3.42. The van der Waals surface area contributed by atoms with Gasteiger partial charge in [0.2, 0.25) is 0 Å². The fraction of sp³-hybridized carbons (Fsp3) is 0.273. The van der Waals surface area contributed by atoms with Gasteiger partial charge in [0.1, 0.15) is 10.9 Å². The molecule has 6 heteroatoms.